The molecule has 0 bridgehead atoms. The van der Waals surface area contributed by atoms with Crippen molar-refractivity contribution in [2.75, 3.05) is 23.4 Å². The minimum absolute atomic E-state index is 0.00373. The maximum atomic E-state index is 14.4. The molecule has 1 aromatic carbocycles. The predicted molar refractivity (Wildman–Crippen MR) is 112 cm³/mol. The average molecular weight is 505 g/mol. The van der Waals surface area contributed by atoms with Crippen molar-refractivity contribution in [3.8, 4) is 0 Å². The quantitative estimate of drug-likeness (QED) is 0.492. The Labute approximate surface area is 195 Å². The van der Waals surface area contributed by atoms with Crippen LogP contribution in [-0.2, 0) is 23.0 Å². The van der Waals surface area contributed by atoms with Gasteiger partial charge < -0.3 is 15.3 Å². The van der Waals surface area contributed by atoms with Gasteiger partial charge in [0.05, 0.1) is 16.9 Å². The molecule has 3 amide bonds. The molecule has 2 heterocycles. The first kappa shape index (κ1) is 24.1. The van der Waals surface area contributed by atoms with Crippen LogP contribution >= 0.6 is 11.6 Å². The number of rotatable bonds is 3. The van der Waals surface area contributed by atoms with E-state index in [1.165, 1.54) is 6.92 Å². The first-order chi connectivity index (χ1) is 15.7. The lowest BCUT2D eigenvalue weighted by molar-refractivity contribution is -0.138. The monoisotopic (exact) mass is 504 g/mol. The van der Waals surface area contributed by atoms with Gasteiger partial charge in [-0.1, -0.05) is 11.6 Å². The molecule has 1 aromatic heterocycles. The van der Waals surface area contributed by atoms with Gasteiger partial charge in [-0.25, -0.2) is 18.6 Å². The third kappa shape index (κ3) is 3.84. The molecule has 0 radical (unpaired) electrons. The molecule has 2 atom stereocenters. The molecular weight excluding hydrogens is 487 g/mol. The number of likely N-dealkylation sites (N-methyl/N-ethyl adjacent to an activating group) is 1. The van der Waals surface area contributed by atoms with Crippen molar-refractivity contribution in [1.82, 2.24) is 10.3 Å². The largest absolute Gasteiger partial charge is 0.416 e. The molecule has 13 heteroatoms. The zero-order valence-electron chi connectivity index (χ0n) is 17.8. The maximum Gasteiger partial charge on any atom is 0.416 e. The summed E-state index contributed by atoms with van der Waals surface area (Å²) in [6.07, 6.45) is -4.86. The van der Waals surface area contributed by atoms with Crippen molar-refractivity contribution in [1.29, 1.82) is 0 Å². The lowest BCUT2D eigenvalue weighted by Gasteiger charge is -2.28. The van der Waals surface area contributed by atoms with E-state index < -0.39 is 63.5 Å². The molecule has 182 valence electrons. The number of pyridine rings is 1. The normalized spacial score (nSPS) is 22.1. The lowest BCUT2D eigenvalue weighted by Crippen LogP contribution is -2.47. The second-order valence-corrected chi connectivity index (χ2v) is 8.67. The molecular formula is C21H18ClF5N4O3. The van der Waals surface area contributed by atoms with E-state index in [1.54, 1.807) is 0 Å². The SMILES string of the molecule is CN(C(=O)[C@H]1CNC(=O)N1c1cc(C(F)(F)F)c2c(n1)[C@](C)(O)CC2)c1ccc(F)c(Cl)c1F. The maximum absolute atomic E-state index is 14.4. The second kappa shape index (κ2) is 8.05. The summed E-state index contributed by atoms with van der Waals surface area (Å²) < 4.78 is 69.3. The van der Waals surface area contributed by atoms with E-state index in [0.717, 1.165) is 29.0 Å². The molecule has 0 unspecified atom stereocenters. The Hall–Kier alpha value is -2.99. The van der Waals surface area contributed by atoms with Gasteiger partial charge in [0.1, 0.15) is 28.3 Å². The Kier molecular flexibility index (Phi) is 5.72. The topological polar surface area (TPSA) is 85.8 Å². The van der Waals surface area contributed by atoms with E-state index in [9.17, 15) is 36.6 Å². The van der Waals surface area contributed by atoms with Crippen molar-refractivity contribution < 1.29 is 36.6 Å². The summed E-state index contributed by atoms with van der Waals surface area (Å²) in [6, 6.07) is 0.164. The summed E-state index contributed by atoms with van der Waals surface area (Å²) in [5.41, 5.74) is -3.53. The molecule has 0 saturated carbocycles. The third-order valence-corrected chi connectivity index (χ3v) is 6.35. The summed E-state index contributed by atoms with van der Waals surface area (Å²) in [5.74, 6) is -3.64. The number of alkyl halides is 3. The fraction of sp³-hybridized carbons (Fsp3) is 0.381. The van der Waals surface area contributed by atoms with E-state index >= 15 is 0 Å². The van der Waals surface area contributed by atoms with E-state index in [1.807, 2.05) is 0 Å². The fourth-order valence-electron chi connectivity index (χ4n) is 4.20. The Morgan fingerprint density at radius 2 is 2.03 bits per heavy atom. The number of carbonyl (C=O) groups is 2. The van der Waals surface area contributed by atoms with Crippen LogP contribution in [-0.4, -0.2) is 41.7 Å². The number of aromatic nitrogens is 1. The number of amides is 3. The first-order valence-corrected chi connectivity index (χ1v) is 10.4. The molecule has 1 aliphatic heterocycles. The molecule has 2 aromatic rings. The third-order valence-electron chi connectivity index (χ3n) is 6.00. The van der Waals surface area contributed by atoms with Crippen LogP contribution in [0.3, 0.4) is 0 Å². The summed E-state index contributed by atoms with van der Waals surface area (Å²) in [7, 11) is 1.15. The highest BCUT2D eigenvalue weighted by molar-refractivity contribution is 6.31. The highest BCUT2D eigenvalue weighted by Gasteiger charge is 2.46. The van der Waals surface area contributed by atoms with Crippen molar-refractivity contribution in [2.24, 2.45) is 0 Å². The zero-order valence-corrected chi connectivity index (χ0v) is 18.6. The van der Waals surface area contributed by atoms with E-state index in [-0.39, 0.29) is 30.6 Å². The molecule has 1 fully saturated rings. The van der Waals surface area contributed by atoms with Gasteiger partial charge in [0, 0.05) is 13.6 Å². The van der Waals surface area contributed by atoms with Gasteiger partial charge in [-0.15, -0.1) is 0 Å². The van der Waals surface area contributed by atoms with Crippen LogP contribution in [0.2, 0.25) is 5.02 Å². The van der Waals surface area contributed by atoms with Crippen molar-refractivity contribution in [3.05, 3.63) is 51.7 Å². The van der Waals surface area contributed by atoms with Gasteiger partial charge in [-0.05, 0) is 43.5 Å². The highest BCUT2D eigenvalue weighted by atomic mass is 35.5. The summed E-state index contributed by atoms with van der Waals surface area (Å²) in [4.78, 5) is 31.3. The lowest BCUT2D eigenvalue weighted by atomic mass is 10.0. The number of nitrogens with zero attached hydrogens (tertiary/aromatic N) is 3. The van der Waals surface area contributed by atoms with Crippen molar-refractivity contribution in [2.45, 2.75) is 37.6 Å². The van der Waals surface area contributed by atoms with Gasteiger partial charge in [0.25, 0.3) is 5.91 Å². The molecule has 7 nitrogen and oxygen atoms in total. The first-order valence-electron chi connectivity index (χ1n) is 10.1. The van der Waals surface area contributed by atoms with Crippen LogP contribution < -0.4 is 15.1 Å². The average Bonchev–Trinajstić information content (AvgIpc) is 3.29. The number of hydrogen-bond acceptors (Lipinski definition) is 4. The predicted octanol–water partition coefficient (Wildman–Crippen LogP) is 3.75. The smallest absolute Gasteiger partial charge is 0.384 e. The highest BCUT2D eigenvalue weighted by Crippen LogP contribution is 2.44. The Bertz CT molecular complexity index is 1200. The molecule has 0 spiro atoms. The summed E-state index contributed by atoms with van der Waals surface area (Å²) in [5, 5.41) is 12.1. The van der Waals surface area contributed by atoms with Crippen LogP contribution in [0.5, 0.6) is 0 Å². The van der Waals surface area contributed by atoms with Crippen LogP contribution in [0.4, 0.5) is 38.3 Å². The number of anilines is 2. The number of urea groups is 1. The number of aliphatic hydroxyl groups is 1. The minimum atomic E-state index is -4.80. The molecule has 1 aliphatic carbocycles. The van der Waals surface area contributed by atoms with Gasteiger partial charge in [0.15, 0.2) is 5.82 Å². The molecule has 2 N–H and O–H groups in total. The number of carbonyl (C=O) groups excluding carboxylic acids is 2. The number of hydrogen-bond donors (Lipinski definition) is 2. The second-order valence-electron chi connectivity index (χ2n) is 8.29. The Morgan fingerprint density at radius 1 is 1.35 bits per heavy atom. The number of halogens is 6. The fourth-order valence-corrected chi connectivity index (χ4v) is 4.36. The van der Waals surface area contributed by atoms with E-state index in [0.29, 0.717) is 6.07 Å². The van der Waals surface area contributed by atoms with Crippen molar-refractivity contribution >= 4 is 35.0 Å². The molecule has 1 saturated heterocycles. The molecule has 2 aliphatic rings. The van der Waals surface area contributed by atoms with Gasteiger partial charge in [0.2, 0.25) is 0 Å². The van der Waals surface area contributed by atoms with Gasteiger partial charge >= 0.3 is 12.2 Å². The van der Waals surface area contributed by atoms with Crippen LogP contribution in [0.1, 0.15) is 30.2 Å². The summed E-state index contributed by atoms with van der Waals surface area (Å²) in [6.45, 7) is 1.01. The summed E-state index contributed by atoms with van der Waals surface area (Å²) >= 11 is 5.57. The standard InChI is InChI=1S/C21H18ClF5N4O3/c1-20(34)6-5-9-10(21(25,26)27)7-14(29-17(9)20)31-13(8-28-19(31)33)18(32)30(2)12-4-3-11(23)15(22)16(12)24/h3-4,7,13,34H,5-6,8H2,1-2H3,(H,28,33)/t13-,20-/m1/s1. The van der Waals surface area contributed by atoms with Crippen LogP contribution in [0, 0.1) is 11.6 Å². The Morgan fingerprint density at radius 3 is 2.68 bits per heavy atom. The van der Waals surface area contributed by atoms with Gasteiger partial charge in [-0.2, -0.15) is 13.2 Å². The number of nitrogens with one attached hydrogen (secondary N) is 1. The Balaban J connectivity index is 1.77. The van der Waals surface area contributed by atoms with Crippen LogP contribution in [0.25, 0.3) is 0 Å². The van der Waals surface area contributed by atoms with Crippen molar-refractivity contribution in [3.63, 3.8) is 0 Å². The van der Waals surface area contributed by atoms with Gasteiger partial charge in [-0.3, -0.25) is 9.69 Å². The molecule has 34 heavy (non-hydrogen) atoms. The number of fused-ring (bicyclic) bond motifs is 1. The number of benzene rings is 1. The van der Waals surface area contributed by atoms with E-state index in [2.05, 4.69) is 10.3 Å². The molecule has 4 rings (SSSR count). The zero-order chi connectivity index (χ0) is 25.2. The van der Waals surface area contributed by atoms with Crippen LogP contribution in [0.15, 0.2) is 18.2 Å². The minimum Gasteiger partial charge on any atom is -0.384 e. The van der Waals surface area contributed by atoms with E-state index in [4.69, 9.17) is 11.6 Å².